The Morgan fingerprint density at radius 1 is 1.35 bits per heavy atom. The summed E-state index contributed by atoms with van der Waals surface area (Å²) >= 11 is 5.96. The van der Waals surface area contributed by atoms with Gasteiger partial charge in [-0.15, -0.1) is 0 Å². The second-order valence-corrected chi connectivity index (χ2v) is 4.85. The van der Waals surface area contributed by atoms with Crippen LogP contribution in [0.3, 0.4) is 0 Å². The number of halogens is 1. The number of rotatable bonds is 2. The maximum absolute atomic E-state index is 12.2. The van der Waals surface area contributed by atoms with Crippen molar-refractivity contribution in [3.05, 3.63) is 52.7 Å². The molecule has 2 heterocycles. The SMILES string of the molecule is COc1ncccc1C1(O)C(=O)Nc2ccc(Cl)cc21. The van der Waals surface area contributed by atoms with Gasteiger partial charge in [-0.3, -0.25) is 4.79 Å². The van der Waals surface area contributed by atoms with Gasteiger partial charge in [0.1, 0.15) is 0 Å². The number of carbonyl (C=O) groups excluding carboxylic acids is 1. The molecular weight excluding hydrogens is 280 g/mol. The first-order chi connectivity index (χ1) is 9.57. The van der Waals surface area contributed by atoms with Crippen LogP contribution < -0.4 is 10.1 Å². The monoisotopic (exact) mass is 290 g/mol. The molecule has 5 nitrogen and oxygen atoms in total. The van der Waals surface area contributed by atoms with Crippen molar-refractivity contribution in [2.75, 3.05) is 12.4 Å². The molecule has 0 bridgehead atoms. The van der Waals surface area contributed by atoms with Crippen LogP contribution in [0.1, 0.15) is 11.1 Å². The number of ether oxygens (including phenoxy) is 1. The number of aromatic nitrogens is 1. The summed E-state index contributed by atoms with van der Waals surface area (Å²) in [6.07, 6.45) is 1.53. The number of fused-ring (bicyclic) bond motifs is 1. The Morgan fingerprint density at radius 3 is 2.90 bits per heavy atom. The van der Waals surface area contributed by atoms with Crippen molar-refractivity contribution in [3.63, 3.8) is 0 Å². The second kappa shape index (κ2) is 4.47. The molecule has 2 aromatic rings. The Kier molecular flexibility index (Phi) is 2.88. The topological polar surface area (TPSA) is 71.5 Å². The number of benzene rings is 1. The number of methoxy groups -OCH3 is 1. The van der Waals surface area contributed by atoms with Gasteiger partial charge in [-0.2, -0.15) is 0 Å². The largest absolute Gasteiger partial charge is 0.481 e. The summed E-state index contributed by atoms with van der Waals surface area (Å²) in [6.45, 7) is 0. The lowest BCUT2D eigenvalue weighted by Crippen LogP contribution is -2.35. The van der Waals surface area contributed by atoms with Crippen LogP contribution in [-0.4, -0.2) is 23.1 Å². The standard InChI is InChI=1S/C14H11ClN2O3/c1-20-12-9(3-2-6-16-12)14(19)10-7-8(15)4-5-11(10)17-13(14)18/h2-7,19H,1H3,(H,17,18). The molecule has 1 unspecified atom stereocenters. The Hall–Kier alpha value is -2.11. The highest BCUT2D eigenvalue weighted by molar-refractivity contribution is 6.31. The van der Waals surface area contributed by atoms with Gasteiger partial charge in [-0.1, -0.05) is 11.6 Å². The molecule has 1 aromatic carbocycles. The second-order valence-electron chi connectivity index (χ2n) is 4.41. The molecular formula is C14H11ClN2O3. The molecule has 1 aromatic heterocycles. The van der Waals surface area contributed by atoms with Crippen molar-refractivity contribution < 1.29 is 14.6 Å². The highest BCUT2D eigenvalue weighted by atomic mass is 35.5. The number of aliphatic hydroxyl groups is 1. The number of hydrogen-bond donors (Lipinski definition) is 2. The minimum atomic E-state index is -1.86. The van der Waals surface area contributed by atoms with Crippen LogP contribution in [0.15, 0.2) is 36.5 Å². The van der Waals surface area contributed by atoms with Crippen LogP contribution in [0.25, 0.3) is 0 Å². The Balaban J connectivity index is 2.27. The van der Waals surface area contributed by atoms with Gasteiger partial charge in [-0.05, 0) is 30.3 Å². The average molecular weight is 291 g/mol. The molecule has 0 saturated heterocycles. The van der Waals surface area contributed by atoms with E-state index in [1.807, 2.05) is 0 Å². The Bertz CT molecular complexity index is 705. The normalized spacial score (nSPS) is 20.4. The molecule has 0 aliphatic carbocycles. The van der Waals surface area contributed by atoms with E-state index in [0.29, 0.717) is 16.3 Å². The lowest BCUT2D eigenvalue weighted by molar-refractivity contribution is -0.129. The van der Waals surface area contributed by atoms with E-state index >= 15 is 0 Å². The van der Waals surface area contributed by atoms with E-state index in [0.717, 1.165) is 0 Å². The van der Waals surface area contributed by atoms with Gasteiger partial charge in [0.05, 0.1) is 12.7 Å². The fourth-order valence-electron chi connectivity index (χ4n) is 2.36. The smallest absolute Gasteiger partial charge is 0.266 e. The molecule has 1 aliphatic heterocycles. The first-order valence-electron chi connectivity index (χ1n) is 5.90. The lowest BCUT2D eigenvalue weighted by atomic mass is 9.88. The van der Waals surface area contributed by atoms with Gasteiger partial charge < -0.3 is 15.2 Å². The number of hydrogen-bond acceptors (Lipinski definition) is 4. The number of carbonyl (C=O) groups is 1. The van der Waals surface area contributed by atoms with Crippen molar-refractivity contribution in [1.29, 1.82) is 0 Å². The van der Waals surface area contributed by atoms with Crippen LogP contribution in [-0.2, 0) is 10.4 Å². The van der Waals surface area contributed by atoms with E-state index in [1.54, 1.807) is 30.3 Å². The van der Waals surface area contributed by atoms with Gasteiger partial charge in [0.15, 0.2) is 0 Å². The fourth-order valence-corrected chi connectivity index (χ4v) is 2.53. The molecule has 1 atom stereocenters. The summed E-state index contributed by atoms with van der Waals surface area (Å²) in [5.41, 5.74) is -0.671. The van der Waals surface area contributed by atoms with Crippen molar-refractivity contribution >= 4 is 23.2 Å². The summed E-state index contributed by atoms with van der Waals surface area (Å²) in [7, 11) is 1.43. The van der Waals surface area contributed by atoms with E-state index in [4.69, 9.17) is 16.3 Å². The van der Waals surface area contributed by atoms with Crippen molar-refractivity contribution in [2.24, 2.45) is 0 Å². The molecule has 102 valence electrons. The third-order valence-electron chi connectivity index (χ3n) is 3.30. The highest BCUT2D eigenvalue weighted by Gasteiger charge is 2.49. The molecule has 1 aliphatic rings. The minimum Gasteiger partial charge on any atom is -0.481 e. The summed E-state index contributed by atoms with van der Waals surface area (Å²) < 4.78 is 5.13. The summed E-state index contributed by atoms with van der Waals surface area (Å²) in [5.74, 6) is -0.362. The van der Waals surface area contributed by atoms with Crippen LogP contribution in [0.5, 0.6) is 5.88 Å². The lowest BCUT2D eigenvalue weighted by Gasteiger charge is -2.22. The molecule has 0 radical (unpaired) electrons. The molecule has 6 heteroatoms. The zero-order valence-electron chi connectivity index (χ0n) is 10.6. The van der Waals surface area contributed by atoms with E-state index in [1.165, 1.54) is 13.3 Å². The van der Waals surface area contributed by atoms with Crippen molar-refractivity contribution in [3.8, 4) is 5.88 Å². The molecule has 2 N–H and O–H groups in total. The number of anilines is 1. The van der Waals surface area contributed by atoms with Gasteiger partial charge >= 0.3 is 0 Å². The van der Waals surface area contributed by atoms with Crippen LogP contribution >= 0.6 is 11.6 Å². The minimum absolute atomic E-state index is 0.193. The number of pyridine rings is 1. The first kappa shape index (κ1) is 12.9. The third-order valence-corrected chi connectivity index (χ3v) is 3.54. The zero-order valence-corrected chi connectivity index (χ0v) is 11.3. The molecule has 0 fully saturated rings. The molecule has 0 saturated carbocycles. The van der Waals surface area contributed by atoms with Crippen LogP contribution in [0.4, 0.5) is 5.69 Å². The van der Waals surface area contributed by atoms with Gasteiger partial charge in [-0.25, -0.2) is 4.98 Å². The predicted molar refractivity (Wildman–Crippen MR) is 73.9 cm³/mol. The Morgan fingerprint density at radius 2 is 2.15 bits per heavy atom. The van der Waals surface area contributed by atoms with Gasteiger partial charge in [0.25, 0.3) is 5.91 Å². The van der Waals surface area contributed by atoms with E-state index in [9.17, 15) is 9.90 Å². The maximum atomic E-state index is 12.2. The van der Waals surface area contributed by atoms with Gasteiger partial charge in [0.2, 0.25) is 11.5 Å². The maximum Gasteiger partial charge on any atom is 0.266 e. The summed E-state index contributed by atoms with van der Waals surface area (Å²) in [6, 6.07) is 8.08. The molecule has 1 amide bonds. The highest BCUT2D eigenvalue weighted by Crippen LogP contribution is 2.44. The van der Waals surface area contributed by atoms with Crippen molar-refractivity contribution in [1.82, 2.24) is 4.98 Å². The summed E-state index contributed by atoms with van der Waals surface area (Å²) in [5, 5.41) is 14.0. The van der Waals surface area contributed by atoms with Crippen LogP contribution in [0, 0.1) is 0 Å². The van der Waals surface area contributed by atoms with Gasteiger partial charge in [0, 0.05) is 22.5 Å². The number of nitrogens with zero attached hydrogens (tertiary/aromatic N) is 1. The fraction of sp³-hybridized carbons (Fsp3) is 0.143. The predicted octanol–water partition coefficient (Wildman–Crippen LogP) is 1.93. The third kappa shape index (κ3) is 1.67. The van der Waals surface area contributed by atoms with Crippen LogP contribution in [0.2, 0.25) is 5.02 Å². The van der Waals surface area contributed by atoms with Crippen molar-refractivity contribution in [2.45, 2.75) is 5.60 Å². The van der Waals surface area contributed by atoms with E-state index in [-0.39, 0.29) is 11.4 Å². The molecule has 0 spiro atoms. The summed E-state index contributed by atoms with van der Waals surface area (Å²) in [4.78, 5) is 16.3. The Labute approximate surface area is 120 Å². The quantitative estimate of drug-likeness (QED) is 0.886. The number of nitrogens with one attached hydrogen (secondary N) is 1. The van der Waals surface area contributed by atoms with E-state index < -0.39 is 11.5 Å². The molecule has 20 heavy (non-hydrogen) atoms. The number of amides is 1. The average Bonchev–Trinajstić information content (AvgIpc) is 2.72. The van der Waals surface area contributed by atoms with E-state index in [2.05, 4.69) is 10.3 Å². The first-order valence-corrected chi connectivity index (χ1v) is 6.28. The zero-order chi connectivity index (χ0) is 14.3. The molecule has 3 rings (SSSR count).